The number of hydrogen-bond acceptors (Lipinski definition) is 7. The number of nitrogens with zero attached hydrogens (tertiary/aromatic N) is 5. The van der Waals surface area contributed by atoms with Gasteiger partial charge in [0, 0.05) is 37.3 Å². The van der Waals surface area contributed by atoms with Crippen molar-refractivity contribution < 1.29 is 50.9 Å². The third-order valence-electron chi connectivity index (χ3n) is 5.37. The fourth-order valence-electron chi connectivity index (χ4n) is 3.65. The van der Waals surface area contributed by atoms with Gasteiger partial charge >= 0.3 is 24.3 Å². The molecule has 0 fully saturated rings. The van der Waals surface area contributed by atoms with Gasteiger partial charge in [-0.2, -0.15) is 26.3 Å². The van der Waals surface area contributed by atoms with Crippen molar-refractivity contribution >= 4 is 28.9 Å². The highest BCUT2D eigenvalue weighted by Gasteiger charge is 2.39. The summed E-state index contributed by atoms with van der Waals surface area (Å²) in [5, 5.41) is 14.2. The van der Waals surface area contributed by atoms with Gasteiger partial charge in [-0.25, -0.2) is 14.6 Å². The van der Waals surface area contributed by atoms with Gasteiger partial charge < -0.3 is 20.1 Å². The number of H-pyrrole nitrogens is 1. The Morgan fingerprint density at radius 1 is 0.829 bits per heavy atom. The first-order valence-electron chi connectivity index (χ1n) is 11.3. The molecule has 1 atom stereocenters. The molecule has 4 heterocycles. The first kappa shape index (κ1) is 30.5. The highest BCUT2D eigenvalue weighted by molar-refractivity contribution is 6.05. The zero-order valence-corrected chi connectivity index (χ0v) is 20.4. The lowest BCUT2D eigenvalue weighted by atomic mass is 9.98. The summed E-state index contributed by atoms with van der Waals surface area (Å²) in [5.41, 5.74) is 4.55. The second-order valence-electron chi connectivity index (χ2n) is 8.01. The third kappa shape index (κ3) is 7.52. The molecule has 5 rings (SSSR count). The number of rotatable bonds is 2. The van der Waals surface area contributed by atoms with Crippen LogP contribution in [0.3, 0.4) is 0 Å². The maximum atomic E-state index is 13.5. The summed E-state index contributed by atoms with van der Waals surface area (Å²) >= 11 is 0. The largest absolute Gasteiger partial charge is 0.490 e. The zero-order valence-electron chi connectivity index (χ0n) is 20.4. The lowest BCUT2D eigenvalue weighted by molar-refractivity contribution is -0.193. The second kappa shape index (κ2) is 12.4. The van der Waals surface area contributed by atoms with E-state index in [1.165, 1.54) is 0 Å². The molecule has 0 spiro atoms. The number of imidazole rings is 1. The maximum Gasteiger partial charge on any atom is 0.490 e. The Hall–Kier alpha value is -5.09. The lowest BCUT2D eigenvalue weighted by Gasteiger charge is -2.34. The summed E-state index contributed by atoms with van der Waals surface area (Å²) in [6.07, 6.45) is -2.79. The molecule has 17 heteroatoms. The molecule has 1 amide bonds. The molecule has 0 saturated heterocycles. The van der Waals surface area contributed by atoms with Crippen LogP contribution in [0.15, 0.2) is 61.3 Å². The molecule has 0 aliphatic carbocycles. The normalized spacial score (nSPS) is 14.6. The number of aromatic amines is 1. The number of alkyl halides is 6. The van der Waals surface area contributed by atoms with Crippen LogP contribution in [0.2, 0.25) is 0 Å². The molecular weight excluding hydrogens is 566 g/mol. The smallest absolute Gasteiger partial charge is 0.475 e. The number of benzene rings is 1. The van der Waals surface area contributed by atoms with Gasteiger partial charge in [-0.05, 0) is 24.3 Å². The number of nitrogens with one attached hydrogen (secondary N) is 1. The first-order chi connectivity index (χ1) is 19.2. The number of carbonyl (C=O) groups excluding carboxylic acids is 1. The van der Waals surface area contributed by atoms with E-state index in [0.29, 0.717) is 23.1 Å². The topological polar surface area (TPSA) is 162 Å². The van der Waals surface area contributed by atoms with Crippen LogP contribution in [0, 0.1) is 0 Å². The van der Waals surface area contributed by atoms with Gasteiger partial charge in [0.15, 0.2) is 0 Å². The Labute approximate surface area is 225 Å². The number of halogens is 6. The SMILES string of the molecule is O=C(O)C(F)(F)F.O=C(O)C(F)(F)F.O=C(c1cccc2nccnc12)N1CCc2[nH]cnc2C1c1ccccn1. The van der Waals surface area contributed by atoms with E-state index in [0.717, 1.165) is 23.5 Å². The van der Waals surface area contributed by atoms with Crippen molar-refractivity contribution in [2.24, 2.45) is 0 Å². The van der Waals surface area contributed by atoms with E-state index in [1.807, 2.05) is 35.2 Å². The highest BCUT2D eigenvalue weighted by Crippen LogP contribution is 2.34. The molecule has 1 aliphatic rings. The molecule has 3 N–H and O–H groups in total. The van der Waals surface area contributed by atoms with E-state index in [1.54, 1.807) is 31.0 Å². The Morgan fingerprint density at radius 2 is 1.46 bits per heavy atom. The number of carboxylic acids is 2. The van der Waals surface area contributed by atoms with Crippen LogP contribution in [0.25, 0.3) is 11.0 Å². The number of carboxylic acid groups (broad SMARTS) is 2. The van der Waals surface area contributed by atoms with Crippen molar-refractivity contribution in [2.45, 2.75) is 24.8 Å². The van der Waals surface area contributed by atoms with Crippen molar-refractivity contribution in [3.63, 3.8) is 0 Å². The summed E-state index contributed by atoms with van der Waals surface area (Å²) in [4.78, 5) is 54.0. The number of amides is 1. The van der Waals surface area contributed by atoms with Crippen LogP contribution < -0.4 is 0 Å². The molecule has 1 aromatic carbocycles. The van der Waals surface area contributed by atoms with Gasteiger partial charge in [0.2, 0.25) is 0 Å². The average molecular weight is 584 g/mol. The predicted octanol–water partition coefficient (Wildman–Crippen LogP) is 3.80. The Kier molecular flexibility index (Phi) is 9.21. The van der Waals surface area contributed by atoms with Gasteiger partial charge in [-0.15, -0.1) is 0 Å². The van der Waals surface area contributed by atoms with Crippen molar-refractivity contribution in [2.75, 3.05) is 6.54 Å². The third-order valence-corrected chi connectivity index (χ3v) is 5.37. The van der Waals surface area contributed by atoms with E-state index in [9.17, 15) is 31.1 Å². The minimum Gasteiger partial charge on any atom is -0.475 e. The van der Waals surface area contributed by atoms with Crippen LogP contribution in [0.5, 0.6) is 0 Å². The van der Waals surface area contributed by atoms with E-state index in [2.05, 4.69) is 24.9 Å². The van der Waals surface area contributed by atoms with Gasteiger partial charge in [-0.1, -0.05) is 12.1 Å². The molecule has 0 saturated carbocycles. The second-order valence-corrected chi connectivity index (χ2v) is 8.01. The number of carbonyl (C=O) groups is 3. The molecule has 4 aromatic rings. The summed E-state index contributed by atoms with van der Waals surface area (Å²) in [6, 6.07) is 10.9. The fourth-order valence-corrected chi connectivity index (χ4v) is 3.65. The fraction of sp³-hybridized carbons (Fsp3) is 0.208. The number of fused-ring (bicyclic) bond motifs is 2. The highest BCUT2D eigenvalue weighted by atomic mass is 19.4. The molecule has 0 radical (unpaired) electrons. The van der Waals surface area contributed by atoms with Crippen molar-refractivity contribution in [3.8, 4) is 0 Å². The zero-order chi connectivity index (χ0) is 30.4. The van der Waals surface area contributed by atoms with Gasteiger partial charge in [0.1, 0.15) is 11.6 Å². The number of aromatic nitrogens is 5. The first-order valence-corrected chi connectivity index (χ1v) is 11.3. The van der Waals surface area contributed by atoms with Crippen molar-refractivity contribution in [1.82, 2.24) is 29.8 Å². The van der Waals surface area contributed by atoms with E-state index in [-0.39, 0.29) is 11.9 Å². The molecule has 0 bridgehead atoms. The van der Waals surface area contributed by atoms with Crippen molar-refractivity contribution in [1.29, 1.82) is 0 Å². The standard InChI is InChI=1S/C20H16N6O.2C2HF3O2/c27-20(13-4-3-6-14-17(13)23-10-9-22-14)26-11-7-15-18(25-12-24-15)19(26)16-5-1-2-8-21-16;2*3-2(4,5)1(6)7/h1-6,8-10,12,19H,7,11H2,(H,24,25);2*(H,6,7). The molecule has 216 valence electrons. The quantitative estimate of drug-likeness (QED) is 0.298. The number of pyridine rings is 1. The minimum atomic E-state index is -5.08. The summed E-state index contributed by atoms with van der Waals surface area (Å²) in [6.45, 7) is 0.575. The molecule has 41 heavy (non-hydrogen) atoms. The van der Waals surface area contributed by atoms with Crippen LogP contribution in [-0.4, -0.2) is 76.8 Å². The Balaban J connectivity index is 0.000000276. The van der Waals surface area contributed by atoms with E-state index in [4.69, 9.17) is 19.8 Å². The Morgan fingerprint density at radius 3 is 2.05 bits per heavy atom. The number of para-hydroxylation sites is 1. The van der Waals surface area contributed by atoms with Crippen LogP contribution in [-0.2, 0) is 16.0 Å². The van der Waals surface area contributed by atoms with E-state index >= 15 is 0 Å². The molecule has 1 aliphatic heterocycles. The number of aliphatic carboxylic acids is 2. The monoisotopic (exact) mass is 584 g/mol. The molecular formula is C24H18F6N6O5. The van der Waals surface area contributed by atoms with Gasteiger partial charge in [0.25, 0.3) is 5.91 Å². The summed E-state index contributed by atoms with van der Waals surface area (Å²) in [7, 11) is 0. The summed E-state index contributed by atoms with van der Waals surface area (Å²) < 4.78 is 63.5. The average Bonchev–Trinajstić information content (AvgIpc) is 3.41. The maximum absolute atomic E-state index is 13.5. The van der Waals surface area contributed by atoms with Gasteiger partial charge in [-0.3, -0.25) is 19.7 Å². The van der Waals surface area contributed by atoms with Crippen LogP contribution >= 0.6 is 0 Å². The number of hydrogen-bond donors (Lipinski definition) is 3. The Bertz CT molecular complexity index is 1500. The molecule has 1 unspecified atom stereocenters. The van der Waals surface area contributed by atoms with E-state index < -0.39 is 24.3 Å². The lowest BCUT2D eigenvalue weighted by Crippen LogP contribution is -2.41. The molecule has 11 nitrogen and oxygen atoms in total. The van der Waals surface area contributed by atoms with Crippen LogP contribution in [0.4, 0.5) is 26.3 Å². The van der Waals surface area contributed by atoms with Gasteiger partial charge in [0.05, 0.1) is 28.8 Å². The van der Waals surface area contributed by atoms with Crippen LogP contribution in [0.1, 0.15) is 33.5 Å². The molecule has 3 aromatic heterocycles. The van der Waals surface area contributed by atoms with Crippen molar-refractivity contribution in [3.05, 3.63) is 84.0 Å². The predicted molar refractivity (Wildman–Crippen MR) is 126 cm³/mol. The summed E-state index contributed by atoms with van der Waals surface area (Å²) in [5.74, 6) is -5.61. The minimum absolute atomic E-state index is 0.0922.